The molecule has 0 bridgehead atoms. The molecule has 3 aromatic heterocycles. The van der Waals surface area contributed by atoms with Crippen LogP contribution in [0.15, 0.2) is 170 Å². The van der Waals surface area contributed by atoms with Crippen molar-refractivity contribution in [1.29, 1.82) is 0 Å². The molecule has 0 radical (unpaired) electrons. The summed E-state index contributed by atoms with van der Waals surface area (Å²) in [5.41, 5.74) is 9.63. The zero-order chi connectivity index (χ0) is 32.8. The van der Waals surface area contributed by atoms with Gasteiger partial charge in [-0.25, -0.2) is 0 Å². The van der Waals surface area contributed by atoms with Gasteiger partial charge in [-0.15, -0.1) is 11.3 Å². The third kappa shape index (κ3) is 3.92. The summed E-state index contributed by atoms with van der Waals surface area (Å²) in [6, 6.07) is 59.9. The summed E-state index contributed by atoms with van der Waals surface area (Å²) in [5, 5.41) is 11.1. The zero-order valence-corrected chi connectivity index (χ0v) is 27.8. The normalized spacial score (nSPS) is 12.0. The van der Waals surface area contributed by atoms with Crippen LogP contribution < -0.4 is 0 Å². The Balaban J connectivity index is 1.22. The van der Waals surface area contributed by atoms with Gasteiger partial charge in [0.25, 0.3) is 0 Å². The Labute approximate surface area is 292 Å². The lowest BCUT2D eigenvalue weighted by molar-refractivity contribution is 1.21. The number of fused-ring (bicyclic) bond motifs is 11. The first-order valence-electron chi connectivity index (χ1n) is 17.0. The first-order chi connectivity index (χ1) is 24.8. The fourth-order valence-corrected chi connectivity index (χ4v) is 9.54. The Bertz CT molecular complexity index is 3150. The van der Waals surface area contributed by atoms with Crippen LogP contribution in [0.5, 0.6) is 0 Å². The number of hydrogen-bond acceptors (Lipinski definition) is 2. The fourth-order valence-electron chi connectivity index (χ4n) is 8.17. The molecule has 0 aliphatic carbocycles. The summed E-state index contributed by atoms with van der Waals surface area (Å²) in [5.74, 6) is 0. The lowest BCUT2D eigenvalue weighted by Gasteiger charge is -2.15. The molecule has 0 aliphatic rings. The van der Waals surface area contributed by atoms with Crippen LogP contribution in [0.4, 0.5) is 0 Å². The highest BCUT2D eigenvalue weighted by molar-refractivity contribution is 7.26. The summed E-state index contributed by atoms with van der Waals surface area (Å²) in [6.45, 7) is 0. The molecule has 3 heteroatoms. The molecule has 2 nitrogen and oxygen atoms in total. The SMILES string of the molecule is c1ccc(-c2cccc3c2sc2c(-c4ccc5c(c4)c4ccc6ccccc6c4n5-c4cc5ccccc5c5ncccc45)cccc23)cc1. The lowest BCUT2D eigenvalue weighted by Crippen LogP contribution is -1.97. The average Bonchev–Trinajstić information content (AvgIpc) is 3.74. The first kappa shape index (κ1) is 27.6. The number of aromatic nitrogens is 2. The molecule has 0 unspecified atom stereocenters. The van der Waals surface area contributed by atoms with E-state index in [1.807, 2.05) is 17.5 Å². The van der Waals surface area contributed by atoms with Gasteiger partial charge < -0.3 is 4.57 Å². The van der Waals surface area contributed by atoms with E-state index in [1.165, 1.54) is 85.8 Å². The van der Waals surface area contributed by atoms with Crippen LogP contribution in [0, 0.1) is 0 Å². The maximum atomic E-state index is 4.92. The fraction of sp³-hybridized carbons (Fsp3) is 0. The van der Waals surface area contributed by atoms with Gasteiger partial charge in [0.2, 0.25) is 0 Å². The third-order valence-electron chi connectivity index (χ3n) is 10.4. The molecule has 0 N–H and O–H groups in total. The standard InChI is InChI=1S/C47H28N2S/c1-2-11-29(12-3-1)35-17-8-19-38-39-20-9-18-36(47(39)50-46(35)38)32-23-25-42-41(27-32)37-24-22-30-13-4-7-16-34(30)45(37)49(42)43-28-31-14-5-6-15-33(31)44-40(43)21-10-26-48-44/h1-28H. The van der Waals surface area contributed by atoms with E-state index in [2.05, 4.69) is 168 Å². The lowest BCUT2D eigenvalue weighted by atomic mass is 9.99. The van der Waals surface area contributed by atoms with Crippen molar-refractivity contribution in [1.82, 2.24) is 9.55 Å². The predicted molar refractivity (Wildman–Crippen MR) is 215 cm³/mol. The minimum absolute atomic E-state index is 1.03. The number of nitrogens with zero attached hydrogens (tertiary/aromatic N) is 2. The van der Waals surface area contributed by atoms with Crippen LogP contribution in [0.1, 0.15) is 0 Å². The van der Waals surface area contributed by atoms with Crippen LogP contribution in [0.25, 0.3) is 102 Å². The highest BCUT2D eigenvalue weighted by atomic mass is 32.1. The quantitative estimate of drug-likeness (QED) is 0.174. The van der Waals surface area contributed by atoms with E-state index in [0.29, 0.717) is 0 Å². The molecule has 11 rings (SSSR count). The predicted octanol–water partition coefficient (Wildman–Crippen LogP) is 13.3. The van der Waals surface area contributed by atoms with Crippen LogP contribution >= 0.6 is 11.3 Å². The van der Waals surface area contributed by atoms with E-state index in [4.69, 9.17) is 4.98 Å². The highest BCUT2D eigenvalue weighted by Crippen LogP contribution is 2.46. The molecule has 0 amide bonds. The van der Waals surface area contributed by atoms with Crippen molar-refractivity contribution in [3.8, 4) is 27.9 Å². The largest absolute Gasteiger partial charge is 0.308 e. The number of thiophene rings is 1. The number of pyridine rings is 1. The molecule has 0 aliphatic heterocycles. The molecule has 0 saturated heterocycles. The van der Waals surface area contributed by atoms with Crippen LogP contribution in [-0.4, -0.2) is 9.55 Å². The van der Waals surface area contributed by atoms with E-state index in [0.717, 1.165) is 16.6 Å². The van der Waals surface area contributed by atoms with E-state index < -0.39 is 0 Å². The van der Waals surface area contributed by atoms with Gasteiger partial charge in [-0.05, 0) is 63.4 Å². The summed E-state index contributed by atoms with van der Waals surface area (Å²) in [6.07, 6.45) is 1.91. The van der Waals surface area contributed by atoms with Gasteiger partial charge in [0.15, 0.2) is 0 Å². The van der Waals surface area contributed by atoms with Gasteiger partial charge in [-0.3, -0.25) is 4.98 Å². The minimum Gasteiger partial charge on any atom is -0.308 e. The number of hydrogen-bond donors (Lipinski definition) is 0. The van der Waals surface area contributed by atoms with Crippen molar-refractivity contribution in [3.05, 3.63) is 170 Å². The van der Waals surface area contributed by atoms with Crippen molar-refractivity contribution in [3.63, 3.8) is 0 Å². The van der Waals surface area contributed by atoms with Crippen molar-refractivity contribution >= 4 is 85.8 Å². The summed E-state index contributed by atoms with van der Waals surface area (Å²) >= 11 is 1.91. The Morgan fingerprint density at radius 3 is 1.92 bits per heavy atom. The summed E-state index contributed by atoms with van der Waals surface area (Å²) < 4.78 is 5.15. The molecular formula is C47H28N2S. The average molecular weight is 653 g/mol. The second-order valence-corrected chi connectivity index (χ2v) is 14.1. The zero-order valence-electron chi connectivity index (χ0n) is 27.0. The van der Waals surface area contributed by atoms with Gasteiger partial charge in [0.05, 0.1) is 22.2 Å². The van der Waals surface area contributed by atoms with E-state index in [9.17, 15) is 0 Å². The van der Waals surface area contributed by atoms with Crippen molar-refractivity contribution < 1.29 is 0 Å². The van der Waals surface area contributed by atoms with Crippen LogP contribution in [-0.2, 0) is 0 Å². The molecular weight excluding hydrogens is 625 g/mol. The van der Waals surface area contributed by atoms with E-state index >= 15 is 0 Å². The monoisotopic (exact) mass is 652 g/mol. The molecule has 0 spiro atoms. The van der Waals surface area contributed by atoms with Gasteiger partial charge in [0.1, 0.15) is 0 Å². The van der Waals surface area contributed by atoms with Crippen molar-refractivity contribution in [2.45, 2.75) is 0 Å². The molecule has 232 valence electrons. The molecule has 11 aromatic rings. The second kappa shape index (κ2) is 10.6. The molecule has 3 heterocycles. The van der Waals surface area contributed by atoms with Gasteiger partial charge >= 0.3 is 0 Å². The number of benzene rings is 8. The molecule has 0 saturated carbocycles. The Hall–Kier alpha value is -6.29. The highest BCUT2D eigenvalue weighted by Gasteiger charge is 2.20. The number of rotatable bonds is 3. The Morgan fingerprint density at radius 1 is 0.420 bits per heavy atom. The van der Waals surface area contributed by atoms with Crippen molar-refractivity contribution in [2.75, 3.05) is 0 Å². The maximum Gasteiger partial charge on any atom is 0.0801 e. The smallest absolute Gasteiger partial charge is 0.0801 e. The molecule has 50 heavy (non-hydrogen) atoms. The topological polar surface area (TPSA) is 17.8 Å². The molecule has 0 fully saturated rings. The van der Waals surface area contributed by atoms with Crippen LogP contribution in [0.2, 0.25) is 0 Å². The first-order valence-corrected chi connectivity index (χ1v) is 17.9. The summed E-state index contributed by atoms with van der Waals surface area (Å²) in [7, 11) is 0. The van der Waals surface area contributed by atoms with Gasteiger partial charge in [0, 0.05) is 53.3 Å². The second-order valence-electron chi connectivity index (χ2n) is 13.1. The Morgan fingerprint density at radius 2 is 1.10 bits per heavy atom. The third-order valence-corrected chi connectivity index (χ3v) is 11.7. The van der Waals surface area contributed by atoms with Gasteiger partial charge in [-0.2, -0.15) is 0 Å². The Kier molecular flexibility index (Phi) is 5.86. The maximum absolute atomic E-state index is 4.92. The molecule has 8 aromatic carbocycles. The van der Waals surface area contributed by atoms with Crippen molar-refractivity contribution in [2.24, 2.45) is 0 Å². The summed E-state index contributed by atoms with van der Waals surface area (Å²) in [4.78, 5) is 4.92. The minimum atomic E-state index is 1.03. The van der Waals surface area contributed by atoms with Gasteiger partial charge in [-0.1, -0.05) is 133 Å². The van der Waals surface area contributed by atoms with E-state index in [-0.39, 0.29) is 0 Å². The van der Waals surface area contributed by atoms with E-state index in [1.54, 1.807) is 0 Å². The van der Waals surface area contributed by atoms with Crippen LogP contribution in [0.3, 0.4) is 0 Å². The molecule has 0 atom stereocenters.